The molecule has 1 rings (SSSR count). The SMILES string of the molecule is CC(CCOc1ccc(Cl)cc1)OCCCCCO. The lowest BCUT2D eigenvalue weighted by molar-refractivity contribution is 0.0476. The van der Waals surface area contributed by atoms with E-state index in [-0.39, 0.29) is 12.7 Å². The molecule has 0 spiro atoms. The van der Waals surface area contributed by atoms with Crippen LogP contribution in [0.1, 0.15) is 32.6 Å². The van der Waals surface area contributed by atoms with Gasteiger partial charge in [-0.25, -0.2) is 0 Å². The number of hydrogen-bond donors (Lipinski definition) is 1. The Morgan fingerprint density at radius 3 is 2.53 bits per heavy atom. The van der Waals surface area contributed by atoms with E-state index in [0.717, 1.165) is 38.0 Å². The van der Waals surface area contributed by atoms with Gasteiger partial charge in [-0.3, -0.25) is 0 Å². The van der Waals surface area contributed by atoms with E-state index in [4.69, 9.17) is 26.2 Å². The maximum atomic E-state index is 8.65. The number of ether oxygens (including phenoxy) is 2. The number of halogens is 1. The second kappa shape index (κ2) is 10.1. The predicted molar refractivity (Wildman–Crippen MR) is 77.9 cm³/mol. The zero-order valence-electron chi connectivity index (χ0n) is 11.5. The molecule has 0 aliphatic heterocycles. The zero-order chi connectivity index (χ0) is 13.9. The van der Waals surface area contributed by atoms with E-state index in [1.807, 2.05) is 24.3 Å². The van der Waals surface area contributed by atoms with Crippen molar-refractivity contribution in [2.24, 2.45) is 0 Å². The number of unbranched alkanes of at least 4 members (excludes halogenated alkanes) is 2. The third-order valence-corrected chi connectivity index (χ3v) is 3.06. The van der Waals surface area contributed by atoms with Gasteiger partial charge in [-0.2, -0.15) is 0 Å². The van der Waals surface area contributed by atoms with Crippen LogP contribution in [0.3, 0.4) is 0 Å². The Balaban J connectivity index is 2.03. The molecule has 0 heterocycles. The van der Waals surface area contributed by atoms with E-state index >= 15 is 0 Å². The van der Waals surface area contributed by atoms with E-state index in [1.165, 1.54) is 0 Å². The van der Waals surface area contributed by atoms with Crippen molar-refractivity contribution in [2.45, 2.75) is 38.7 Å². The Morgan fingerprint density at radius 1 is 1.11 bits per heavy atom. The van der Waals surface area contributed by atoms with Crippen LogP contribution in [-0.4, -0.2) is 31.0 Å². The summed E-state index contributed by atoms with van der Waals surface area (Å²) >= 11 is 5.80. The van der Waals surface area contributed by atoms with Crippen LogP contribution in [0, 0.1) is 0 Å². The normalized spacial score (nSPS) is 12.4. The summed E-state index contributed by atoms with van der Waals surface area (Å²) in [6.45, 7) is 3.71. The van der Waals surface area contributed by atoms with Gasteiger partial charge < -0.3 is 14.6 Å². The van der Waals surface area contributed by atoms with E-state index in [9.17, 15) is 0 Å². The molecular formula is C15H23ClO3. The Morgan fingerprint density at radius 2 is 1.84 bits per heavy atom. The van der Waals surface area contributed by atoms with Gasteiger partial charge in [0, 0.05) is 24.7 Å². The minimum absolute atomic E-state index is 0.196. The Hall–Kier alpha value is -0.770. The highest BCUT2D eigenvalue weighted by Gasteiger charge is 2.02. The molecule has 0 bridgehead atoms. The fourth-order valence-corrected chi connectivity index (χ4v) is 1.76. The van der Waals surface area contributed by atoms with E-state index in [1.54, 1.807) is 0 Å². The summed E-state index contributed by atoms with van der Waals surface area (Å²) < 4.78 is 11.3. The first-order valence-electron chi connectivity index (χ1n) is 6.83. The van der Waals surface area contributed by atoms with Gasteiger partial charge in [0.05, 0.1) is 12.7 Å². The van der Waals surface area contributed by atoms with Crippen molar-refractivity contribution in [3.8, 4) is 5.75 Å². The van der Waals surface area contributed by atoms with Crippen LogP contribution in [0.2, 0.25) is 5.02 Å². The second-order valence-electron chi connectivity index (χ2n) is 4.56. The number of hydrogen-bond acceptors (Lipinski definition) is 3. The number of rotatable bonds is 10. The highest BCUT2D eigenvalue weighted by atomic mass is 35.5. The lowest BCUT2D eigenvalue weighted by Gasteiger charge is -2.13. The average Bonchev–Trinajstić information content (AvgIpc) is 2.41. The maximum Gasteiger partial charge on any atom is 0.119 e. The zero-order valence-corrected chi connectivity index (χ0v) is 12.2. The molecular weight excluding hydrogens is 264 g/mol. The van der Waals surface area contributed by atoms with Crippen LogP contribution < -0.4 is 4.74 Å². The highest BCUT2D eigenvalue weighted by molar-refractivity contribution is 6.30. The third kappa shape index (κ3) is 8.09. The van der Waals surface area contributed by atoms with Crippen molar-refractivity contribution in [1.82, 2.24) is 0 Å². The minimum Gasteiger partial charge on any atom is -0.493 e. The molecule has 3 nitrogen and oxygen atoms in total. The molecule has 1 unspecified atom stereocenters. The van der Waals surface area contributed by atoms with Crippen LogP contribution in [0.5, 0.6) is 5.75 Å². The van der Waals surface area contributed by atoms with E-state index in [2.05, 4.69) is 6.92 Å². The lowest BCUT2D eigenvalue weighted by atomic mass is 10.2. The molecule has 0 saturated carbocycles. The fourth-order valence-electron chi connectivity index (χ4n) is 1.63. The average molecular weight is 287 g/mol. The van der Waals surface area contributed by atoms with Gasteiger partial charge >= 0.3 is 0 Å². The molecule has 0 radical (unpaired) electrons. The summed E-state index contributed by atoms with van der Waals surface area (Å²) in [6.07, 6.45) is 3.94. The standard InChI is InChI=1S/C15H23ClO3/c1-13(18-11-4-2-3-10-17)9-12-19-15-7-5-14(16)6-8-15/h5-8,13,17H,2-4,9-12H2,1H3. The Labute approximate surface area is 120 Å². The quantitative estimate of drug-likeness (QED) is 0.667. The van der Waals surface area contributed by atoms with E-state index < -0.39 is 0 Å². The van der Waals surface area contributed by atoms with Crippen molar-refractivity contribution in [3.63, 3.8) is 0 Å². The highest BCUT2D eigenvalue weighted by Crippen LogP contribution is 2.15. The largest absolute Gasteiger partial charge is 0.493 e. The summed E-state index contributed by atoms with van der Waals surface area (Å²) in [5.41, 5.74) is 0. The van der Waals surface area contributed by atoms with Gasteiger partial charge in [0.25, 0.3) is 0 Å². The first kappa shape index (κ1) is 16.3. The first-order chi connectivity index (χ1) is 9.22. The summed E-state index contributed by atoms with van der Waals surface area (Å²) in [5, 5.41) is 9.37. The van der Waals surface area contributed by atoms with E-state index in [0.29, 0.717) is 11.6 Å². The molecule has 1 N–H and O–H groups in total. The number of aliphatic hydroxyl groups is 1. The van der Waals surface area contributed by atoms with Crippen molar-refractivity contribution in [1.29, 1.82) is 0 Å². The van der Waals surface area contributed by atoms with Crippen molar-refractivity contribution >= 4 is 11.6 Å². The number of aliphatic hydroxyl groups excluding tert-OH is 1. The van der Waals surface area contributed by atoms with Crippen LogP contribution in [0.25, 0.3) is 0 Å². The van der Waals surface area contributed by atoms with Gasteiger partial charge in [-0.05, 0) is 50.5 Å². The third-order valence-electron chi connectivity index (χ3n) is 2.81. The molecule has 1 aromatic rings. The van der Waals surface area contributed by atoms with Crippen molar-refractivity contribution < 1.29 is 14.6 Å². The molecule has 1 atom stereocenters. The Bertz CT molecular complexity index is 327. The molecule has 0 aliphatic carbocycles. The summed E-state index contributed by atoms with van der Waals surface area (Å²) in [5.74, 6) is 0.833. The maximum absolute atomic E-state index is 8.65. The number of benzene rings is 1. The first-order valence-corrected chi connectivity index (χ1v) is 7.21. The molecule has 0 amide bonds. The van der Waals surface area contributed by atoms with Crippen LogP contribution in [0.4, 0.5) is 0 Å². The van der Waals surface area contributed by atoms with Gasteiger partial charge in [-0.1, -0.05) is 11.6 Å². The van der Waals surface area contributed by atoms with Gasteiger partial charge in [-0.15, -0.1) is 0 Å². The molecule has 0 aliphatic rings. The second-order valence-corrected chi connectivity index (χ2v) is 4.99. The lowest BCUT2D eigenvalue weighted by Crippen LogP contribution is -2.13. The topological polar surface area (TPSA) is 38.7 Å². The van der Waals surface area contributed by atoms with Crippen LogP contribution >= 0.6 is 11.6 Å². The summed E-state index contributed by atoms with van der Waals surface area (Å²) in [7, 11) is 0. The molecule has 19 heavy (non-hydrogen) atoms. The molecule has 0 fully saturated rings. The van der Waals surface area contributed by atoms with Crippen LogP contribution in [0.15, 0.2) is 24.3 Å². The smallest absolute Gasteiger partial charge is 0.119 e. The van der Waals surface area contributed by atoms with Gasteiger partial charge in [0.15, 0.2) is 0 Å². The molecule has 4 heteroatoms. The van der Waals surface area contributed by atoms with Gasteiger partial charge in [0.2, 0.25) is 0 Å². The van der Waals surface area contributed by atoms with Crippen LogP contribution in [-0.2, 0) is 4.74 Å². The molecule has 108 valence electrons. The molecule has 0 aromatic heterocycles. The predicted octanol–water partition coefficient (Wildman–Crippen LogP) is 3.68. The van der Waals surface area contributed by atoms with Gasteiger partial charge in [0.1, 0.15) is 5.75 Å². The minimum atomic E-state index is 0.196. The van der Waals surface area contributed by atoms with Crippen molar-refractivity contribution in [3.05, 3.63) is 29.3 Å². The molecule has 1 aromatic carbocycles. The summed E-state index contributed by atoms with van der Waals surface area (Å²) in [4.78, 5) is 0. The fraction of sp³-hybridized carbons (Fsp3) is 0.600. The summed E-state index contributed by atoms with van der Waals surface area (Å²) in [6, 6.07) is 7.36. The van der Waals surface area contributed by atoms with Crippen molar-refractivity contribution in [2.75, 3.05) is 19.8 Å². The Kier molecular flexibility index (Phi) is 8.63. The monoisotopic (exact) mass is 286 g/mol. The molecule has 0 saturated heterocycles.